The van der Waals surface area contributed by atoms with Crippen LogP contribution in [0.4, 0.5) is 10.5 Å². The van der Waals surface area contributed by atoms with Gasteiger partial charge in [-0.1, -0.05) is 55.3 Å². The average molecular weight is 512 g/mol. The van der Waals surface area contributed by atoms with Crippen molar-refractivity contribution >= 4 is 23.6 Å². The number of carbonyl (C=O) groups excluding carboxylic acids is 3. The highest BCUT2D eigenvalue weighted by Gasteiger charge is 2.36. The Balaban J connectivity index is 2.53. The minimum absolute atomic E-state index is 0.265. The molecule has 2 rings (SSSR count). The number of ether oxygens (including phenoxy) is 1. The Morgan fingerprint density at radius 3 is 2.30 bits per heavy atom. The van der Waals surface area contributed by atoms with Crippen molar-refractivity contribution in [2.24, 2.45) is 0 Å². The molecule has 0 aliphatic rings. The zero-order chi connectivity index (χ0) is 27.8. The second-order valence-electron chi connectivity index (χ2n) is 10.3. The number of aryl methyl sites for hydroxylation is 3. The summed E-state index contributed by atoms with van der Waals surface area (Å²) < 4.78 is 5.29. The molecule has 0 heterocycles. The first kappa shape index (κ1) is 29.8. The van der Waals surface area contributed by atoms with Crippen molar-refractivity contribution in [3.05, 3.63) is 64.7 Å². The molecule has 37 heavy (non-hydrogen) atoms. The van der Waals surface area contributed by atoms with Gasteiger partial charge in [-0.05, 0) is 70.7 Å². The maximum Gasteiger partial charge on any atom is 0.408 e. The second kappa shape index (κ2) is 13.2. The number of amides is 3. The topological polar surface area (TPSA) is 108 Å². The summed E-state index contributed by atoms with van der Waals surface area (Å²) in [6.07, 6.45) is 0.601. The summed E-state index contributed by atoms with van der Waals surface area (Å²) in [4.78, 5) is 41.6. The van der Waals surface area contributed by atoms with Crippen LogP contribution in [-0.4, -0.2) is 52.7 Å². The Morgan fingerprint density at radius 1 is 1.03 bits per heavy atom. The van der Waals surface area contributed by atoms with Crippen molar-refractivity contribution in [3.8, 4) is 0 Å². The Bertz CT molecular complexity index is 1090. The third-order valence-corrected chi connectivity index (χ3v) is 5.90. The van der Waals surface area contributed by atoms with Gasteiger partial charge < -0.3 is 25.4 Å². The quantitative estimate of drug-likeness (QED) is 0.424. The molecule has 0 bridgehead atoms. The standard InChI is InChI=1S/C29H41N3O5/c1-8-9-16-32(27(35)24(18-33)31-28(36)37-29(5,6)7)25(22-17-19(2)14-15-20(22)3)26(34)30-23-13-11-10-12-21(23)4/h10-15,17,24-25,33H,8-9,16,18H2,1-7H3,(H,30,34)(H,31,36). The zero-order valence-electron chi connectivity index (χ0n) is 23.1. The summed E-state index contributed by atoms with van der Waals surface area (Å²) in [5.74, 6) is -0.936. The summed E-state index contributed by atoms with van der Waals surface area (Å²) >= 11 is 0. The van der Waals surface area contributed by atoms with E-state index >= 15 is 0 Å². The average Bonchev–Trinajstić information content (AvgIpc) is 2.82. The number of anilines is 1. The van der Waals surface area contributed by atoms with Crippen molar-refractivity contribution in [1.29, 1.82) is 0 Å². The molecule has 0 aromatic heterocycles. The lowest BCUT2D eigenvalue weighted by atomic mass is 9.95. The van der Waals surface area contributed by atoms with Gasteiger partial charge in [0, 0.05) is 12.2 Å². The van der Waals surface area contributed by atoms with Gasteiger partial charge in [-0.3, -0.25) is 9.59 Å². The number of hydrogen-bond donors (Lipinski definition) is 3. The number of benzene rings is 2. The predicted molar refractivity (Wildman–Crippen MR) is 145 cm³/mol. The number of carbonyl (C=O) groups is 3. The molecular weight excluding hydrogens is 470 g/mol. The third-order valence-electron chi connectivity index (χ3n) is 5.90. The van der Waals surface area contributed by atoms with Crippen LogP contribution in [0.2, 0.25) is 0 Å². The van der Waals surface area contributed by atoms with Crippen molar-refractivity contribution in [3.63, 3.8) is 0 Å². The van der Waals surface area contributed by atoms with E-state index in [2.05, 4.69) is 10.6 Å². The van der Waals surface area contributed by atoms with E-state index in [1.54, 1.807) is 20.8 Å². The maximum absolute atomic E-state index is 13.9. The minimum Gasteiger partial charge on any atom is -0.444 e. The Labute approximate surface area is 220 Å². The molecule has 0 aliphatic heterocycles. The van der Waals surface area contributed by atoms with Gasteiger partial charge in [-0.2, -0.15) is 0 Å². The lowest BCUT2D eigenvalue weighted by Gasteiger charge is -2.35. The molecular formula is C29H41N3O5. The molecule has 3 amide bonds. The summed E-state index contributed by atoms with van der Waals surface area (Å²) in [6, 6.07) is 11.0. The molecule has 8 nitrogen and oxygen atoms in total. The van der Waals surface area contributed by atoms with E-state index in [4.69, 9.17) is 4.74 Å². The van der Waals surface area contributed by atoms with Crippen LogP contribution in [0.1, 0.15) is 68.8 Å². The molecule has 2 aromatic rings. The molecule has 3 N–H and O–H groups in total. The van der Waals surface area contributed by atoms with Crippen molar-refractivity contribution in [2.75, 3.05) is 18.5 Å². The van der Waals surface area contributed by atoms with Gasteiger partial charge in [0.2, 0.25) is 5.91 Å². The number of rotatable bonds is 10. The lowest BCUT2D eigenvalue weighted by molar-refractivity contribution is -0.141. The summed E-state index contributed by atoms with van der Waals surface area (Å²) in [5.41, 5.74) is 3.25. The maximum atomic E-state index is 13.9. The van der Waals surface area contributed by atoms with Crippen LogP contribution in [-0.2, 0) is 14.3 Å². The summed E-state index contributed by atoms with van der Waals surface area (Å²) in [6.45, 7) is 12.5. The molecule has 0 aliphatic carbocycles. The number of hydrogen-bond acceptors (Lipinski definition) is 5. The molecule has 2 aromatic carbocycles. The largest absolute Gasteiger partial charge is 0.444 e. The second-order valence-corrected chi connectivity index (χ2v) is 10.3. The molecule has 0 fully saturated rings. The van der Waals surface area contributed by atoms with Gasteiger partial charge in [0.1, 0.15) is 17.7 Å². The molecule has 2 atom stereocenters. The minimum atomic E-state index is -1.27. The van der Waals surface area contributed by atoms with E-state index in [9.17, 15) is 19.5 Å². The number of unbranched alkanes of at least 4 members (excludes halogenated alkanes) is 1. The molecule has 8 heteroatoms. The van der Waals surface area contributed by atoms with Crippen LogP contribution in [0.5, 0.6) is 0 Å². The first-order valence-electron chi connectivity index (χ1n) is 12.7. The number of nitrogens with zero attached hydrogens (tertiary/aromatic N) is 1. The number of para-hydroxylation sites is 1. The zero-order valence-corrected chi connectivity index (χ0v) is 23.1. The van der Waals surface area contributed by atoms with E-state index < -0.39 is 36.3 Å². The van der Waals surface area contributed by atoms with Gasteiger partial charge in [0.05, 0.1) is 6.61 Å². The molecule has 0 saturated heterocycles. The molecule has 0 radical (unpaired) electrons. The first-order chi connectivity index (χ1) is 17.4. The van der Waals surface area contributed by atoms with Gasteiger partial charge >= 0.3 is 6.09 Å². The number of nitrogens with one attached hydrogen (secondary N) is 2. The highest BCUT2D eigenvalue weighted by molar-refractivity contribution is 5.99. The van der Waals surface area contributed by atoms with Gasteiger partial charge in [0.25, 0.3) is 5.91 Å². The fourth-order valence-corrected chi connectivity index (χ4v) is 3.95. The monoisotopic (exact) mass is 511 g/mol. The van der Waals surface area contributed by atoms with Crippen molar-refractivity contribution < 1.29 is 24.2 Å². The van der Waals surface area contributed by atoms with Crippen LogP contribution in [0.3, 0.4) is 0 Å². The highest BCUT2D eigenvalue weighted by atomic mass is 16.6. The Kier molecular flexibility index (Phi) is 10.7. The van der Waals surface area contributed by atoms with E-state index in [0.717, 1.165) is 23.1 Å². The van der Waals surface area contributed by atoms with Gasteiger partial charge in [0.15, 0.2) is 0 Å². The fraction of sp³-hybridized carbons (Fsp3) is 0.483. The third kappa shape index (κ3) is 8.60. The molecule has 0 spiro atoms. The van der Waals surface area contributed by atoms with Crippen LogP contribution in [0.25, 0.3) is 0 Å². The SMILES string of the molecule is CCCCN(C(=O)C(CO)NC(=O)OC(C)(C)C)C(C(=O)Nc1ccccc1C)c1cc(C)ccc1C. The van der Waals surface area contributed by atoms with Crippen LogP contribution >= 0.6 is 0 Å². The lowest BCUT2D eigenvalue weighted by Crippen LogP contribution is -2.54. The smallest absolute Gasteiger partial charge is 0.408 e. The van der Waals surface area contributed by atoms with Crippen LogP contribution in [0, 0.1) is 20.8 Å². The number of alkyl carbamates (subject to hydrolysis) is 1. The normalized spacial score (nSPS) is 12.9. The highest BCUT2D eigenvalue weighted by Crippen LogP contribution is 2.29. The first-order valence-corrected chi connectivity index (χ1v) is 12.7. The Morgan fingerprint density at radius 2 is 1.70 bits per heavy atom. The Hall–Kier alpha value is -3.39. The van der Waals surface area contributed by atoms with E-state index in [1.807, 2.05) is 70.2 Å². The number of aliphatic hydroxyl groups excluding tert-OH is 1. The molecule has 202 valence electrons. The van der Waals surface area contributed by atoms with E-state index in [-0.39, 0.29) is 12.5 Å². The van der Waals surface area contributed by atoms with Crippen LogP contribution in [0.15, 0.2) is 42.5 Å². The van der Waals surface area contributed by atoms with Crippen molar-refractivity contribution in [1.82, 2.24) is 10.2 Å². The molecule has 2 unspecified atom stereocenters. The van der Waals surface area contributed by atoms with Gasteiger partial charge in [-0.25, -0.2) is 4.79 Å². The van der Waals surface area contributed by atoms with Gasteiger partial charge in [-0.15, -0.1) is 0 Å². The van der Waals surface area contributed by atoms with Crippen LogP contribution < -0.4 is 10.6 Å². The predicted octanol–water partition coefficient (Wildman–Crippen LogP) is 4.81. The summed E-state index contributed by atoms with van der Waals surface area (Å²) in [5, 5.41) is 15.5. The van der Waals surface area contributed by atoms with E-state index in [1.165, 1.54) is 4.90 Å². The fourth-order valence-electron chi connectivity index (χ4n) is 3.95. The number of aliphatic hydroxyl groups is 1. The van der Waals surface area contributed by atoms with Crippen molar-refractivity contribution in [2.45, 2.75) is 79.0 Å². The molecule has 0 saturated carbocycles. The van der Waals surface area contributed by atoms with E-state index in [0.29, 0.717) is 17.7 Å². The summed E-state index contributed by atoms with van der Waals surface area (Å²) in [7, 11) is 0.